The third-order valence-corrected chi connectivity index (χ3v) is 4.38. The fourth-order valence-corrected chi connectivity index (χ4v) is 3.07. The molecule has 1 amide bonds. The third-order valence-electron chi connectivity index (χ3n) is 3.39. The van der Waals surface area contributed by atoms with Gasteiger partial charge in [0.25, 0.3) is 0 Å². The van der Waals surface area contributed by atoms with E-state index in [1.54, 1.807) is 4.90 Å². The molecule has 5 heteroatoms. The Hall–Kier alpha value is -1.49. The van der Waals surface area contributed by atoms with Gasteiger partial charge >= 0.3 is 5.97 Å². The molecule has 1 fully saturated rings. The number of hydrogen-bond donors (Lipinski definition) is 1. The van der Waals surface area contributed by atoms with Crippen molar-refractivity contribution < 1.29 is 14.7 Å². The minimum Gasteiger partial charge on any atom is -0.481 e. The number of thioether (sulfide) groups is 1. The molecule has 102 valence electrons. The molecule has 0 aliphatic carbocycles. The first-order valence-electron chi connectivity index (χ1n) is 6.26. The summed E-state index contributed by atoms with van der Waals surface area (Å²) in [6.07, 6.45) is 0. The van der Waals surface area contributed by atoms with Gasteiger partial charge in [-0.15, -0.1) is 11.8 Å². The van der Waals surface area contributed by atoms with Crippen LogP contribution in [0.4, 0.5) is 0 Å². The molecule has 1 aromatic rings. The highest BCUT2D eigenvalue weighted by Gasteiger charge is 2.36. The van der Waals surface area contributed by atoms with Crippen LogP contribution in [-0.4, -0.2) is 40.7 Å². The molecule has 1 saturated heterocycles. The van der Waals surface area contributed by atoms with E-state index in [4.69, 9.17) is 5.11 Å². The molecule has 2 atom stereocenters. The first-order valence-corrected chi connectivity index (χ1v) is 7.25. The Morgan fingerprint density at radius 2 is 2.00 bits per heavy atom. The predicted octanol–water partition coefficient (Wildman–Crippen LogP) is 1.96. The minimum atomic E-state index is -0.807. The van der Waals surface area contributed by atoms with Crippen LogP contribution in [0.15, 0.2) is 35.2 Å². The van der Waals surface area contributed by atoms with Gasteiger partial charge in [0.05, 0.1) is 11.7 Å². The van der Waals surface area contributed by atoms with E-state index in [1.807, 2.05) is 37.3 Å². The van der Waals surface area contributed by atoms with Crippen molar-refractivity contribution >= 4 is 23.6 Å². The van der Waals surface area contributed by atoms with E-state index in [0.29, 0.717) is 18.8 Å². The molecular weight excluding hydrogens is 262 g/mol. The van der Waals surface area contributed by atoms with Gasteiger partial charge in [0.15, 0.2) is 0 Å². The number of likely N-dealkylation sites (tertiary alicyclic amines) is 1. The van der Waals surface area contributed by atoms with Crippen molar-refractivity contribution in [2.45, 2.75) is 11.8 Å². The topological polar surface area (TPSA) is 57.6 Å². The van der Waals surface area contributed by atoms with Crippen molar-refractivity contribution in [1.29, 1.82) is 0 Å². The smallest absolute Gasteiger partial charge is 0.308 e. The Kier molecular flexibility index (Phi) is 4.47. The summed E-state index contributed by atoms with van der Waals surface area (Å²) in [7, 11) is 0. The molecule has 0 aromatic heterocycles. The van der Waals surface area contributed by atoms with Gasteiger partial charge in [-0.05, 0) is 18.1 Å². The van der Waals surface area contributed by atoms with E-state index >= 15 is 0 Å². The quantitative estimate of drug-likeness (QED) is 0.856. The summed E-state index contributed by atoms with van der Waals surface area (Å²) >= 11 is 1.49. The number of rotatable bonds is 4. The zero-order valence-electron chi connectivity index (χ0n) is 10.8. The molecule has 0 bridgehead atoms. The van der Waals surface area contributed by atoms with Gasteiger partial charge in [-0.1, -0.05) is 25.1 Å². The van der Waals surface area contributed by atoms with Crippen LogP contribution in [0.2, 0.25) is 0 Å². The first kappa shape index (κ1) is 13.9. The Bertz CT molecular complexity index is 463. The van der Waals surface area contributed by atoms with E-state index in [9.17, 15) is 9.59 Å². The van der Waals surface area contributed by atoms with Crippen molar-refractivity contribution in [3.63, 3.8) is 0 Å². The van der Waals surface area contributed by atoms with Gasteiger partial charge in [-0.3, -0.25) is 9.59 Å². The second kappa shape index (κ2) is 6.10. The summed E-state index contributed by atoms with van der Waals surface area (Å²) in [6.45, 7) is 2.77. The lowest BCUT2D eigenvalue weighted by atomic mass is 9.99. The van der Waals surface area contributed by atoms with Crippen LogP contribution in [-0.2, 0) is 9.59 Å². The van der Waals surface area contributed by atoms with Crippen molar-refractivity contribution in [1.82, 2.24) is 4.90 Å². The summed E-state index contributed by atoms with van der Waals surface area (Å²) in [5, 5.41) is 9.05. The number of benzene rings is 1. The summed E-state index contributed by atoms with van der Waals surface area (Å²) < 4.78 is 0. The molecular formula is C14H17NO3S. The number of aliphatic carboxylic acids is 1. The number of carbonyl (C=O) groups is 2. The summed E-state index contributed by atoms with van der Waals surface area (Å²) in [6, 6.07) is 9.73. The van der Waals surface area contributed by atoms with Crippen molar-refractivity contribution in [2.75, 3.05) is 18.8 Å². The normalized spacial score (nSPS) is 22.5. The molecule has 1 aliphatic heterocycles. The van der Waals surface area contributed by atoms with Gasteiger partial charge in [-0.25, -0.2) is 0 Å². The molecule has 1 heterocycles. The van der Waals surface area contributed by atoms with Crippen molar-refractivity contribution in [2.24, 2.45) is 11.8 Å². The number of hydrogen-bond acceptors (Lipinski definition) is 3. The van der Waals surface area contributed by atoms with Gasteiger partial charge in [0, 0.05) is 18.0 Å². The van der Waals surface area contributed by atoms with Gasteiger partial charge < -0.3 is 10.0 Å². The fraction of sp³-hybridized carbons (Fsp3) is 0.429. The minimum absolute atomic E-state index is 0.0180. The SMILES string of the molecule is C[C@@H]1CN(C(=O)CSc2ccccc2)C[C@H]1C(=O)O. The maximum atomic E-state index is 12.0. The van der Waals surface area contributed by atoms with Crippen LogP contribution < -0.4 is 0 Å². The average Bonchev–Trinajstić information content (AvgIpc) is 2.79. The molecule has 1 aliphatic rings. The van der Waals surface area contributed by atoms with E-state index in [0.717, 1.165) is 4.90 Å². The fourth-order valence-electron chi connectivity index (χ4n) is 2.24. The van der Waals surface area contributed by atoms with Crippen LogP contribution in [0.3, 0.4) is 0 Å². The lowest BCUT2D eigenvalue weighted by molar-refractivity contribution is -0.142. The molecule has 1 aromatic carbocycles. The highest BCUT2D eigenvalue weighted by atomic mass is 32.2. The zero-order chi connectivity index (χ0) is 13.8. The van der Waals surface area contributed by atoms with E-state index in [1.165, 1.54) is 11.8 Å². The molecule has 2 rings (SSSR count). The van der Waals surface area contributed by atoms with Gasteiger partial charge in [0.1, 0.15) is 0 Å². The highest BCUT2D eigenvalue weighted by molar-refractivity contribution is 8.00. The molecule has 0 radical (unpaired) electrons. The lowest BCUT2D eigenvalue weighted by Crippen LogP contribution is -2.31. The van der Waals surface area contributed by atoms with Crippen LogP contribution in [0.5, 0.6) is 0 Å². The largest absolute Gasteiger partial charge is 0.481 e. The van der Waals surface area contributed by atoms with Crippen LogP contribution in [0.25, 0.3) is 0 Å². The highest BCUT2D eigenvalue weighted by Crippen LogP contribution is 2.25. The molecule has 4 nitrogen and oxygen atoms in total. The van der Waals surface area contributed by atoms with Gasteiger partial charge in [-0.2, -0.15) is 0 Å². The standard InChI is InChI=1S/C14H17NO3S/c1-10-7-15(8-12(10)14(17)18)13(16)9-19-11-5-3-2-4-6-11/h2-6,10,12H,7-9H2,1H3,(H,17,18)/t10-,12-/m1/s1. The second-order valence-electron chi connectivity index (χ2n) is 4.82. The van der Waals surface area contributed by atoms with E-state index in [2.05, 4.69) is 0 Å². The maximum Gasteiger partial charge on any atom is 0.308 e. The Balaban J connectivity index is 1.86. The molecule has 0 unspecified atom stereocenters. The van der Waals surface area contributed by atoms with Crippen LogP contribution >= 0.6 is 11.8 Å². The molecule has 1 N–H and O–H groups in total. The lowest BCUT2D eigenvalue weighted by Gasteiger charge is -2.15. The Morgan fingerprint density at radius 1 is 1.32 bits per heavy atom. The first-order chi connectivity index (χ1) is 9.08. The van der Waals surface area contributed by atoms with E-state index in [-0.39, 0.29) is 11.8 Å². The van der Waals surface area contributed by atoms with Gasteiger partial charge in [0.2, 0.25) is 5.91 Å². The zero-order valence-corrected chi connectivity index (χ0v) is 11.6. The third kappa shape index (κ3) is 3.50. The van der Waals surface area contributed by atoms with Crippen LogP contribution in [0, 0.1) is 11.8 Å². The molecule has 19 heavy (non-hydrogen) atoms. The number of nitrogens with zero attached hydrogens (tertiary/aromatic N) is 1. The van der Waals surface area contributed by atoms with Crippen LogP contribution in [0.1, 0.15) is 6.92 Å². The summed E-state index contributed by atoms with van der Waals surface area (Å²) in [5.41, 5.74) is 0. The predicted molar refractivity (Wildman–Crippen MR) is 74.0 cm³/mol. The Labute approximate surface area is 116 Å². The van der Waals surface area contributed by atoms with E-state index < -0.39 is 11.9 Å². The maximum absolute atomic E-state index is 12.0. The second-order valence-corrected chi connectivity index (χ2v) is 5.87. The summed E-state index contributed by atoms with van der Waals surface area (Å²) in [5.74, 6) is -0.819. The van der Waals surface area contributed by atoms with Crippen molar-refractivity contribution in [3.8, 4) is 0 Å². The Morgan fingerprint density at radius 3 is 2.58 bits per heavy atom. The van der Waals surface area contributed by atoms with Crippen molar-refractivity contribution in [3.05, 3.63) is 30.3 Å². The summed E-state index contributed by atoms with van der Waals surface area (Å²) in [4.78, 5) is 25.8. The molecule has 0 saturated carbocycles. The number of carboxylic acid groups (broad SMARTS) is 1. The number of amides is 1. The molecule has 0 spiro atoms. The average molecular weight is 279 g/mol. The number of carboxylic acids is 1. The number of carbonyl (C=O) groups excluding carboxylic acids is 1. The monoisotopic (exact) mass is 279 g/mol.